The van der Waals surface area contributed by atoms with E-state index >= 15 is 0 Å². The van der Waals surface area contributed by atoms with Crippen molar-refractivity contribution in [2.75, 3.05) is 18.2 Å². The average Bonchev–Trinajstić information content (AvgIpc) is 2.99. The summed E-state index contributed by atoms with van der Waals surface area (Å²) in [5.41, 5.74) is 1.79. The number of methoxy groups -OCH3 is 1. The van der Waals surface area contributed by atoms with E-state index in [4.69, 9.17) is 4.74 Å². The number of aromatic nitrogens is 4. The summed E-state index contributed by atoms with van der Waals surface area (Å²) in [6.07, 6.45) is 0. The number of carbonyl (C=O) groups excluding carboxylic acids is 1. The third-order valence-corrected chi connectivity index (χ3v) is 4.43. The number of ether oxygens (including phenoxy) is 1. The van der Waals surface area contributed by atoms with Crippen LogP contribution in [0, 0.1) is 0 Å². The molecule has 0 spiro atoms. The van der Waals surface area contributed by atoms with Crippen LogP contribution in [0.25, 0.3) is 0 Å². The molecular weight excluding hydrogens is 326 g/mol. The fraction of sp³-hybridized carbons (Fsp3) is 0.500. The van der Waals surface area contributed by atoms with Crippen molar-refractivity contribution in [3.8, 4) is 5.75 Å². The van der Waals surface area contributed by atoms with Gasteiger partial charge in [-0.3, -0.25) is 4.79 Å². The number of rotatable bonds is 6. The van der Waals surface area contributed by atoms with Crippen molar-refractivity contribution < 1.29 is 9.53 Å². The van der Waals surface area contributed by atoms with Gasteiger partial charge in [-0.15, -0.1) is 5.10 Å². The number of benzene rings is 1. The van der Waals surface area contributed by atoms with Crippen LogP contribution in [0.4, 0.5) is 5.69 Å². The molecule has 2 aromatic rings. The Bertz CT molecular complexity index is 709. The molecule has 0 saturated heterocycles. The van der Waals surface area contributed by atoms with E-state index in [0.29, 0.717) is 23.1 Å². The van der Waals surface area contributed by atoms with Gasteiger partial charge in [-0.05, 0) is 40.5 Å². The lowest BCUT2D eigenvalue weighted by atomic mass is 9.87. The topological polar surface area (TPSA) is 81.9 Å². The highest BCUT2D eigenvalue weighted by Gasteiger charge is 2.17. The molecule has 1 aromatic carbocycles. The number of tetrazole rings is 1. The first kappa shape index (κ1) is 18.3. The Balaban J connectivity index is 2.07. The first-order valence-corrected chi connectivity index (χ1v) is 8.71. The maximum Gasteiger partial charge on any atom is 0.234 e. The van der Waals surface area contributed by atoms with Gasteiger partial charge in [0.2, 0.25) is 11.1 Å². The maximum absolute atomic E-state index is 12.3. The smallest absolute Gasteiger partial charge is 0.234 e. The van der Waals surface area contributed by atoms with E-state index in [1.807, 2.05) is 25.1 Å². The van der Waals surface area contributed by atoms with Gasteiger partial charge in [-0.1, -0.05) is 38.6 Å². The average molecular weight is 349 g/mol. The standard InChI is InChI=1S/C16H23N5O2S/c1-6-21-15(18-19-20-21)24-10-14(22)17-12-9-11(16(2,3)4)7-8-13(12)23-5/h7-9H,6,10H2,1-5H3,(H,17,22). The first-order valence-electron chi connectivity index (χ1n) is 7.72. The zero-order valence-corrected chi connectivity index (χ0v) is 15.5. The van der Waals surface area contributed by atoms with Gasteiger partial charge in [-0.25, -0.2) is 4.68 Å². The molecule has 0 unspecified atom stereocenters. The van der Waals surface area contributed by atoms with Crippen molar-refractivity contribution in [1.29, 1.82) is 0 Å². The van der Waals surface area contributed by atoms with E-state index in [-0.39, 0.29) is 17.1 Å². The summed E-state index contributed by atoms with van der Waals surface area (Å²) in [6.45, 7) is 8.99. The van der Waals surface area contributed by atoms with Gasteiger partial charge in [-0.2, -0.15) is 0 Å². The van der Waals surface area contributed by atoms with E-state index in [2.05, 4.69) is 41.6 Å². The molecular formula is C16H23N5O2S. The van der Waals surface area contributed by atoms with E-state index in [0.717, 1.165) is 5.56 Å². The molecule has 0 bridgehead atoms. The molecule has 2 rings (SSSR count). The second-order valence-electron chi connectivity index (χ2n) is 6.28. The molecule has 7 nitrogen and oxygen atoms in total. The van der Waals surface area contributed by atoms with Crippen LogP contribution in [-0.2, 0) is 16.8 Å². The van der Waals surface area contributed by atoms with Crippen LogP contribution in [-0.4, -0.2) is 39.0 Å². The lowest BCUT2D eigenvalue weighted by Gasteiger charge is -2.21. The van der Waals surface area contributed by atoms with Gasteiger partial charge >= 0.3 is 0 Å². The van der Waals surface area contributed by atoms with Crippen molar-refractivity contribution in [2.45, 2.75) is 44.8 Å². The molecule has 0 aliphatic carbocycles. The van der Waals surface area contributed by atoms with Crippen molar-refractivity contribution in [2.24, 2.45) is 0 Å². The maximum atomic E-state index is 12.3. The number of nitrogens with zero attached hydrogens (tertiary/aromatic N) is 4. The normalized spacial score (nSPS) is 11.4. The van der Waals surface area contributed by atoms with Crippen LogP contribution >= 0.6 is 11.8 Å². The summed E-state index contributed by atoms with van der Waals surface area (Å²) in [6, 6.07) is 5.84. The van der Waals surface area contributed by atoms with E-state index in [1.54, 1.807) is 11.8 Å². The van der Waals surface area contributed by atoms with Crippen LogP contribution in [0.15, 0.2) is 23.4 Å². The number of thioether (sulfide) groups is 1. The number of nitrogens with one attached hydrogen (secondary N) is 1. The molecule has 1 N–H and O–H groups in total. The van der Waals surface area contributed by atoms with Crippen LogP contribution < -0.4 is 10.1 Å². The van der Waals surface area contributed by atoms with Gasteiger partial charge in [0.25, 0.3) is 0 Å². The van der Waals surface area contributed by atoms with Crippen LogP contribution in [0.5, 0.6) is 5.75 Å². The molecule has 0 saturated carbocycles. The van der Waals surface area contributed by atoms with Crippen LogP contribution in [0.3, 0.4) is 0 Å². The van der Waals surface area contributed by atoms with Crippen molar-refractivity contribution in [1.82, 2.24) is 20.2 Å². The van der Waals surface area contributed by atoms with Gasteiger partial charge in [0.1, 0.15) is 5.75 Å². The number of carbonyl (C=O) groups is 1. The zero-order chi connectivity index (χ0) is 17.7. The Morgan fingerprint density at radius 2 is 2.12 bits per heavy atom. The zero-order valence-electron chi connectivity index (χ0n) is 14.7. The van der Waals surface area contributed by atoms with Crippen molar-refractivity contribution >= 4 is 23.4 Å². The number of hydrogen-bond donors (Lipinski definition) is 1. The van der Waals surface area contributed by atoms with Gasteiger partial charge in [0.15, 0.2) is 0 Å². The van der Waals surface area contributed by atoms with Crippen LogP contribution in [0.2, 0.25) is 0 Å². The van der Waals surface area contributed by atoms with Crippen molar-refractivity contribution in [3.05, 3.63) is 23.8 Å². The Kier molecular flexibility index (Phi) is 5.82. The molecule has 8 heteroatoms. The molecule has 0 fully saturated rings. The summed E-state index contributed by atoms with van der Waals surface area (Å²) < 4.78 is 6.99. The summed E-state index contributed by atoms with van der Waals surface area (Å²) in [7, 11) is 1.59. The van der Waals surface area contributed by atoms with Crippen LogP contribution in [0.1, 0.15) is 33.3 Å². The molecule has 0 aliphatic heterocycles. The molecule has 1 amide bonds. The van der Waals surface area contributed by atoms with Gasteiger partial charge < -0.3 is 10.1 Å². The lowest BCUT2D eigenvalue weighted by molar-refractivity contribution is -0.113. The molecule has 1 aromatic heterocycles. The largest absolute Gasteiger partial charge is 0.495 e. The number of anilines is 1. The predicted octanol–water partition coefficient (Wildman–Crippen LogP) is 2.73. The minimum atomic E-state index is -0.130. The van der Waals surface area contributed by atoms with Gasteiger partial charge in [0, 0.05) is 6.54 Å². The Morgan fingerprint density at radius 3 is 2.75 bits per heavy atom. The minimum Gasteiger partial charge on any atom is -0.495 e. The number of aryl methyl sites for hydroxylation is 1. The highest BCUT2D eigenvalue weighted by atomic mass is 32.2. The summed E-state index contributed by atoms with van der Waals surface area (Å²) >= 11 is 1.30. The van der Waals surface area contributed by atoms with E-state index < -0.39 is 0 Å². The van der Waals surface area contributed by atoms with Gasteiger partial charge in [0.05, 0.1) is 18.6 Å². The minimum absolute atomic E-state index is 0.0102. The highest BCUT2D eigenvalue weighted by Crippen LogP contribution is 2.31. The summed E-state index contributed by atoms with van der Waals surface area (Å²) in [5, 5.41) is 14.9. The second kappa shape index (κ2) is 7.65. The Labute approximate surface area is 146 Å². The Morgan fingerprint density at radius 1 is 1.38 bits per heavy atom. The van der Waals surface area contributed by atoms with E-state index in [9.17, 15) is 4.79 Å². The molecule has 0 atom stereocenters. The molecule has 0 radical (unpaired) electrons. The second-order valence-corrected chi connectivity index (χ2v) is 7.22. The SMILES string of the molecule is CCn1nnnc1SCC(=O)Nc1cc(C(C)(C)C)ccc1OC. The first-order chi connectivity index (χ1) is 11.3. The Hall–Kier alpha value is -2.09. The number of amides is 1. The van der Waals surface area contributed by atoms with Crippen molar-refractivity contribution in [3.63, 3.8) is 0 Å². The monoisotopic (exact) mass is 349 g/mol. The third kappa shape index (κ3) is 4.47. The fourth-order valence-electron chi connectivity index (χ4n) is 2.09. The highest BCUT2D eigenvalue weighted by molar-refractivity contribution is 7.99. The molecule has 130 valence electrons. The number of hydrogen-bond acceptors (Lipinski definition) is 6. The summed E-state index contributed by atoms with van der Waals surface area (Å²) in [5.74, 6) is 0.735. The lowest BCUT2D eigenvalue weighted by Crippen LogP contribution is -2.17. The predicted molar refractivity (Wildman–Crippen MR) is 94.5 cm³/mol. The van der Waals surface area contributed by atoms with E-state index in [1.165, 1.54) is 11.8 Å². The molecule has 0 aliphatic rings. The summed E-state index contributed by atoms with van der Waals surface area (Å²) in [4.78, 5) is 12.3. The molecule has 1 heterocycles. The fourth-order valence-corrected chi connectivity index (χ4v) is 2.83. The quantitative estimate of drug-likeness (QED) is 0.808. The third-order valence-electron chi connectivity index (χ3n) is 3.47. The molecule has 24 heavy (non-hydrogen) atoms.